The number of fused-ring (bicyclic) bond motifs is 3. The van der Waals surface area contributed by atoms with Gasteiger partial charge in [-0.1, -0.05) is 0 Å². The molecule has 0 saturated carbocycles. The summed E-state index contributed by atoms with van der Waals surface area (Å²) in [5.74, 6) is -1.48. The molecule has 3 aliphatic rings. The number of anilines is 2. The third-order valence-corrected chi connectivity index (χ3v) is 6.50. The second-order valence-electron chi connectivity index (χ2n) is 8.70. The predicted octanol–water partition coefficient (Wildman–Crippen LogP) is 2.66. The largest absolute Gasteiger partial charge is 0.434 e. The van der Waals surface area contributed by atoms with Crippen LogP contribution in [0.25, 0.3) is 0 Å². The lowest BCUT2D eigenvalue weighted by Crippen LogP contribution is -2.54. The van der Waals surface area contributed by atoms with E-state index in [2.05, 4.69) is 9.97 Å². The number of ketones is 1. The normalized spacial score (nSPS) is 24.1. The molecule has 5 heterocycles. The number of nitrogens with zero attached hydrogens (tertiary/aromatic N) is 5. The van der Waals surface area contributed by atoms with Gasteiger partial charge < -0.3 is 14.5 Å². The molecule has 0 radical (unpaired) electrons. The molecule has 2 aromatic heterocycles. The van der Waals surface area contributed by atoms with Crippen molar-refractivity contribution < 1.29 is 35.9 Å². The number of pyridine rings is 1. The van der Waals surface area contributed by atoms with Crippen molar-refractivity contribution in [2.75, 3.05) is 29.5 Å². The van der Waals surface area contributed by atoms with Crippen LogP contribution in [0.2, 0.25) is 0 Å². The number of halogens is 6. The van der Waals surface area contributed by atoms with Crippen LogP contribution in [0.15, 0.2) is 29.2 Å². The van der Waals surface area contributed by atoms with Gasteiger partial charge >= 0.3 is 12.4 Å². The number of alkyl halides is 6. The lowest BCUT2D eigenvalue weighted by Gasteiger charge is -2.39. The van der Waals surface area contributed by atoms with E-state index >= 15 is 0 Å². The standard InChI is InChI=1S/C21H19F6N5O3/c22-20(23,24)15-3-5-30-17(34)7-16(31-8-12-6-11(31)10-35-12)29-19(30)32(15)9-14(33)13-2-1-4-28-18(13)21(25,26)27/h1-2,4,7,11-12,15H,3,5-6,8-10H2/t11-,12+,15-/m0/s1. The van der Waals surface area contributed by atoms with Gasteiger partial charge in [0.25, 0.3) is 5.56 Å². The second kappa shape index (κ2) is 8.21. The van der Waals surface area contributed by atoms with E-state index in [1.807, 2.05) is 0 Å². The first-order valence-electron chi connectivity index (χ1n) is 10.8. The number of morpholine rings is 1. The number of aromatic nitrogens is 3. The number of Topliss-reactive ketones (excluding diaryl/α,β-unsaturated/α-hetero) is 1. The van der Waals surface area contributed by atoms with E-state index in [0.29, 0.717) is 24.5 Å². The Labute approximate surface area is 194 Å². The zero-order chi connectivity index (χ0) is 25.1. The van der Waals surface area contributed by atoms with Gasteiger partial charge in [-0.2, -0.15) is 31.3 Å². The molecular formula is C21H19F6N5O3. The maximum absolute atomic E-state index is 13.9. The number of carbonyl (C=O) groups excluding carboxylic acids is 1. The molecule has 0 spiro atoms. The van der Waals surface area contributed by atoms with Crippen molar-refractivity contribution in [3.05, 3.63) is 46.0 Å². The first-order valence-corrected chi connectivity index (χ1v) is 10.8. The van der Waals surface area contributed by atoms with Crippen molar-refractivity contribution in [3.8, 4) is 0 Å². The van der Waals surface area contributed by atoms with Crippen LogP contribution in [0.4, 0.5) is 38.1 Å². The zero-order valence-electron chi connectivity index (χ0n) is 18.0. The van der Waals surface area contributed by atoms with Crippen LogP contribution in [-0.2, 0) is 17.5 Å². The maximum atomic E-state index is 13.9. The highest BCUT2D eigenvalue weighted by atomic mass is 19.4. The number of carbonyl (C=O) groups is 1. The lowest BCUT2D eigenvalue weighted by molar-refractivity contribution is -0.152. The molecule has 188 valence electrons. The van der Waals surface area contributed by atoms with Crippen LogP contribution >= 0.6 is 0 Å². The van der Waals surface area contributed by atoms with E-state index in [-0.39, 0.29) is 24.5 Å². The Morgan fingerprint density at radius 2 is 1.97 bits per heavy atom. The molecule has 5 rings (SSSR count). The smallest absolute Gasteiger partial charge is 0.374 e. The summed E-state index contributed by atoms with van der Waals surface area (Å²) in [6.07, 6.45) is -8.90. The van der Waals surface area contributed by atoms with E-state index in [1.54, 1.807) is 4.90 Å². The highest BCUT2D eigenvalue weighted by molar-refractivity contribution is 6.00. The van der Waals surface area contributed by atoms with Gasteiger partial charge in [0.05, 0.1) is 30.9 Å². The summed E-state index contributed by atoms with van der Waals surface area (Å²) in [6, 6.07) is 0.887. The fourth-order valence-corrected chi connectivity index (χ4v) is 4.90. The molecule has 3 atom stereocenters. The minimum Gasteiger partial charge on any atom is -0.374 e. The summed E-state index contributed by atoms with van der Waals surface area (Å²) < 4.78 is 88.4. The maximum Gasteiger partial charge on any atom is 0.434 e. The number of hydrogen-bond donors (Lipinski definition) is 0. The number of rotatable bonds is 4. The summed E-state index contributed by atoms with van der Waals surface area (Å²) >= 11 is 0. The van der Waals surface area contributed by atoms with Gasteiger partial charge in [-0.3, -0.25) is 19.1 Å². The zero-order valence-corrected chi connectivity index (χ0v) is 18.0. The Kier molecular flexibility index (Phi) is 5.53. The molecule has 3 aliphatic heterocycles. The quantitative estimate of drug-likeness (QED) is 0.469. The van der Waals surface area contributed by atoms with Crippen LogP contribution in [0.3, 0.4) is 0 Å². The second-order valence-corrected chi connectivity index (χ2v) is 8.70. The molecule has 14 heteroatoms. The Hall–Kier alpha value is -3.16. The molecule has 2 fully saturated rings. The monoisotopic (exact) mass is 503 g/mol. The van der Waals surface area contributed by atoms with Crippen LogP contribution in [0.5, 0.6) is 0 Å². The number of ether oxygens (including phenoxy) is 1. The van der Waals surface area contributed by atoms with Gasteiger partial charge in [0.15, 0.2) is 11.5 Å². The molecule has 0 aliphatic carbocycles. The van der Waals surface area contributed by atoms with Crippen molar-refractivity contribution in [2.24, 2.45) is 0 Å². The van der Waals surface area contributed by atoms with Crippen LogP contribution in [-0.4, -0.2) is 64.4 Å². The Balaban J connectivity index is 1.55. The van der Waals surface area contributed by atoms with Crippen molar-refractivity contribution >= 4 is 17.5 Å². The Bertz CT molecular complexity index is 1210. The molecular weight excluding hydrogens is 484 g/mol. The van der Waals surface area contributed by atoms with Crippen LogP contribution < -0.4 is 15.4 Å². The molecule has 0 aromatic carbocycles. The van der Waals surface area contributed by atoms with Gasteiger partial charge in [0, 0.05) is 25.4 Å². The fourth-order valence-electron chi connectivity index (χ4n) is 4.90. The minimum absolute atomic E-state index is 0.0763. The van der Waals surface area contributed by atoms with Crippen LogP contribution in [0.1, 0.15) is 28.9 Å². The van der Waals surface area contributed by atoms with Gasteiger partial charge in [0.1, 0.15) is 11.9 Å². The summed E-state index contributed by atoms with van der Waals surface area (Å²) in [7, 11) is 0. The molecule has 8 nitrogen and oxygen atoms in total. The third-order valence-electron chi connectivity index (χ3n) is 6.50. The average Bonchev–Trinajstić information content (AvgIpc) is 3.42. The highest BCUT2D eigenvalue weighted by Gasteiger charge is 2.48. The number of hydrogen-bond acceptors (Lipinski definition) is 7. The lowest BCUT2D eigenvalue weighted by atomic mass is 10.0. The molecule has 2 bridgehead atoms. The minimum atomic E-state index is -4.98. The summed E-state index contributed by atoms with van der Waals surface area (Å²) in [5.41, 5.74) is -2.95. The predicted molar refractivity (Wildman–Crippen MR) is 109 cm³/mol. The molecule has 2 saturated heterocycles. The van der Waals surface area contributed by atoms with Crippen molar-refractivity contribution in [3.63, 3.8) is 0 Å². The molecule has 0 N–H and O–H groups in total. The molecule has 0 unspecified atom stereocenters. The molecule has 35 heavy (non-hydrogen) atoms. The van der Waals surface area contributed by atoms with Gasteiger partial charge in [-0.25, -0.2) is 0 Å². The summed E-state index contributed by atoms with van der Waals surface area (Å²) in [4.78, 5) is 35.6. The SMILES string of the molecule is O=C(CN1c2nc(N3C[C@H]4C[C@H]3CO4)cc(=O)n2CC[C@H]1C(F)(F)F)c1cccnc1C(F)(F)F. The van der Waals surface area contributed by atoms with E-state index in [1.165, 1.54) is 6.07 Å². The summed E-state index contributed by atoms with van der Waals surface area (Å²) in [6.45, 7) is -0.567. The first kappa shape index (κ1) is 23.6. The van der Waals surface area contributed by atoms with Gasteiger partial charge in [-0.05, 0) is 25.0 Å². The van der Waals surface area contributed by atoms with Crippen LogP contribution in [0, 0.1) is 0 Å². The van der Waals surface area contributed by atoms with E-state index in [4.69, 9.17) is 4.74 Å². The van der Waals surface area contributed by atoms with Crippen molar-refractivity contribution in [2.45, 2.75) is 49.9 Å². The summed E-state index contributed by atoms with van der Waals surface area (Å²) in [5, 5.41) is 0. The van der Waals surface area contributed by atoms with Gasteiger partial charge in [-0.15, -0.1) is 0 Å². The topological polar surface area (TPSA) is 80.6 Å². The molecule has 2 aromatic rings. The van der Waals surface area contributed by atoms with E-state index in [0.717, 1.165) is 22.9 Å². The Morgan fingerprint density at radius 3 is 2.60 bits per heavy atom. The third kappa shape index (κ3) is 4.23. The average molecular weight is 503 g/mol. The fraction of sp³-hybridized carbons (Fsp3) is 0.524. The molecule has 0 amide bonds. The highest BCUT2D eigenvalue weighted by Crippen LogP contribution is 2.37. The van der Waals surface area contributed by atoms with E-state index in [9.17, 15) is 35.9 Å². The first-order chi connectivity index (χ1) is 16.4. The van der Waals surface area contributed by atoms with Gasteiger partial charge in [0.2, 0.25) is 5.95 Å². The van der Waals surface area contributed by atoms with E-state index < -0.39 is 59.9 Å². The Morgan fingerprint density at radius 1 is 1.20 bits per heavy atom. The van der Waals surface area contributed by atoms with Crippen molar-refractivity contribution in [1.29, 1.82) is 0 Å². The van der Waals surface area contributed by atoms with Crippen molar-refractivity contribution in [1.82, 2.24) is 14.5 Å².